The Kier molecular flexibility index (Phi) is 5.11. The van der Waals surface area contributed by atoms with E-state index in [0.29, 0.717) is 11.3 Å². The number of nitrogens with zero attached hydrogens (tertiary/aromatic N) is 1. The molecule has 4 aromatic carbocycles. The van der Waals surface area contributed by atoms with Crippen LogP contribution < -0.4 is 9.64 Å². The Labute approximate surface area is 205 Å². The Morgan fingerprint density at radius 1 is 0.857 bits per heavy atom. The molecule has 0 atom stereocenters. The molecule has 0 heterocycles. The van der Waals surface area contributed by atoms with Crippen molar-refractivity contribution in [3.05, 3.63) is 126 Å². The third-order valence-electron chi connectivity index (χ3n) is 6.71. The molecule has 0 saturated carbocycles. The average molecular weight is 456 g/mol. The minimum absolute atomic E-state index is 0.375. The van der Waals surface area contributed by atoms with Crippen LogP contribution in [-0.4, -0.2) is 5.97 Å². The van der Waals surface area contributed by atoms with E-state index in [9.17, 15) is 4.79 Å². The van der Waals surface area contributed by atoms with Gasteiger partial charge in [0.1, 0.15) is 5.75 Å². The number of allylic oxidation sites excluding steroid dienone is 4. The number of benzene rings is 4. The molecule has 3 nitrogen and oxygen atoms in total. The maximum absolute atomic E-state index is 12.0. The maximum atomic E-state index is 12.0. The van der Waals surface area contributed by atoms with Crippen LogP contribution in [0.5, 0.6) is 5.75 Å². The van der Waals surface area contributed by atoms with Crippen LogP contribution in [0.2, 0.25) is 0 Å². The zero-order valence-corrected chi connectivity index (χ0v) is 19.6. The fourth-order valence-electron chi connectivity index (χ4n) is 5.06. The summed E-state index contributed by atoms with van der Waals surface area (Å²) in [5, 5.41) is 2.60. The highest BCUT2D eigenvalue weighted by molar-refractivity contribution is 6.08. The third-order valence-corrected chi connectivity index (χ3v) is 6.71. The Hall–Kier alpha value is -4.37. The first-order chi connectivity index (χ1) is 17.1. The summed E-state index contributed by atoms with van der Waals surface area (Å²) in [5.74, 6) is 0.0800. The Bertz CT molecular complexity index is 1540. The number of anilines is 3. The number of para-hydroxylation sites is 1. The minimum atomic E-state index is -0.420. The van der Waals surface area contributed by atoms with Crippen molar-refractivity contribution in [2.45, 2.75) is 19.8 Å². The second-order valence-electron chi connectivity index (χ2n) is 9.07. The molecule has 170 valence electrons. The number of ether oxygens (including phenoxy) is 1. The topological polar surface area (TPSA) is 29.5 Å². The summed E-state index contributed by atoms with van der Waals surface area (Å²) in [6.45, 7) is 5.31. The lowest BCUT2D eigenvalue weighted by atomic mass is 9.81. The fraction of sp³-hybridized carbons (Fsp3) is 0.0938. The fourth-order valence-corrected chi connectivity index (χ4v) is 5.06. The molecule has 0 aromatic heterocycles. The quantitative estimate of drug-likeness (QED) is 0.174. The van der Waals surface area contributed by atoms with Crippen molar-refractivity contribution in [1.82, 2.24) is 0 Å². The van der Waals surface area contributed by atoms with Gasteiger partial charge in [-0.05, 0) is 89.9 Å². The lowest BCUT2D eigenvalue weighted by molar-refractivity contribution is -0.130. The molecule has 2 aliphatic carbocycles. The van der Waals surface area contributed by atoms with Gasteiger partial charge < -0.3 is 9.64 Å². The van der Waals surface area contributed by atoms with Gasteiger partial charge in [-0.15, -0.1) is 0 Å². The molecule has 0 spiro atoms. The number of carbonyl (C=O) groups excluding carboxylic acids is 1. The van der Waals surface area contributed by atoms with Crippen LogP contribution in [0.25, 0.3) is 16.3 Å². The molecule has 0 N–H and O–H groups in total. The molecule has 35 heavy (non-hydrogen) atoms. The molecule has 4 aromatic rings. The summed E-state index contributed by atoms with van der Waals surface area (Å²) < 4.78 is 5.42. The number of esters is 1. The van der Waals surface area contributed by atoms with Gasteiger partial charge >= 0.3 is 5.97 Å². The number of hydrogen-bond donors (Lipinski definition) is 0. The summed E-state index contributed by atoms with van der Waals surface area (Å²) in [5.41, 5.74) is 9.03. The number of hydrogen-bond acceptors (Lipinski definition) is 3. The summed E-state index contributed by atoms with van der Waals surface area (Å²) in [7, 11) is 0. The highest BCUT2D eigenvalue weighted by Crippen LogP contribution is 2.45. The largest absolute Gasteiger partial charge is 0.423 e. The first-order valence-corrected chi connectivity index (χ1v) is 11.9. The van der Waals surface area contributed by atoms with Gasteiger partial charge in [-0.25, -0.2) is 4.79 Å². The van der Waals surface area contributed by atoms with E-state index in [1.165, 1.54) is 33.0 Å². The first-order valence-electron chi connectivity index (χ1n) is 11.9. The predicted octanol–water partition coefficient (Wildman–Crippen LogP) is 7.84. The van der Waals surface area contributed by atoms with Crippen molar-refractivity contribution < 1.29 is 9.53 Å². The predicted molar refractivity (Wildman–Crippen MR) is 144 cm³/mol. The minimum Gasteiger partial charge on any atom is -0.423 e. The van der Waals surface area contributed by atoms with E-state index in [1.807, 2.05) is 30.3 Å². The summed E-state index contributed by atoms with van der Waals surface area (Å²) >= 11 is 0. The third kappa shape index (κ3) is 3.66. The van der Waals surface area contributed by atoms with Crippen LogP contribution >= 0.6 is 0 Å². The van der Waals surface area contributed by atoms with Crippen molar-refractivity contribution in [1.29, 1.82) is 0 Å². The summed E-state index contributed by atoms with van der Waals surface area (Å²) in [4.78, 5) is 14.2. The van der Waals surface area contributed by atoms with Crippen molar-refractivity contribution >= 4 is 39.4 Å². The first kappa shape index (κ1) is 21.2. The van der Waals surface area contributed by atoms with Crippen LogP contribution in [0, 0.1) is 0 Å². The normalized spacial score (nSPS) is 13.3. The highest BCUT2D eigenvalue weighted by atomic mass is 16.5. The van der Waals surface area contributed by atoms with E-state index < -0.39 is 5.97 Å². The van der Waals surface area contributed by atoms with Gasteiger partial charge in [-0.1, -0.05) is 61.2 Å². The number of rotatable bonds is 5. The van der Waals surface area contributed by atoms with Crippen molar-refractivity contribution in [3.8, 4) is 5.75 Å². The maximum Gasteiger partial charge on any atom is 0.338 e. The van der Waals surface area contributed by atoms with E-state index in [2.05, 4.69) is 78.2 Å². The molecular formula is C32H25NO2. The summed E-state index contributed by atoms with van der Waals surface area (Å²) in [6.07, 6.45) is 8.78. The zero-order valence-electron chi connectivity index (χ0n) is 19.6. The van der Waals surface area contributed by atoms with Gasteiger partial charge in [-0.3, -0.25) is 0 Å². The molecule has 3 heteroatoms. The molecule has 0 unspecified atom stereocenters. The van der Waals surface area contributed by atoms with Crippen molar-refractivity contribution in [2.75, 3.05) is 4.90 Å². The van der Waals surface area contributed by atoms with E-state index in [0.717, 1.165) is 29.9 Å². The molecule has 0 radical (unpaired) electrons. The second-order valence-corrected chi connectivity index (χ2v) is 9.07. The van der Waals surface area contributed by atoms with E-state index >= 15 is 0 Å². The highest BCUT2D eigenvalue weighted by Gasteiger charge is 2.23. The summed E-state index contributed by atoms with van der Waals surface area (Å²) in [6, 6.07) is 27.1. The van der Waals surface area contributed by atoms with E-state index in [1.54, 1.807) is 6.92 Å². The molecule has 0 saturated heterocycles. The van der Waals surface area contributed by atoms with Crippen LogP contribution in [0.4, 0.5) is 17.1 Å². The molecular weight excluding hydrogens is 430 g/mol. The van der Waals surface area contributed by atoms with Crippen LogP contribution in [0.1, 0.15) is 23.6 Å². The molecule has 2 aliphatic rings. The van der Waals surface area contributed by atoms with Gasteiger partial charge in [-0.2, -0.15) is 0 Å². The van der Waals surface area contributed by atoms with E-state index in [-0.39, 0.29) is 0 Å². The smallest absolute Gasteiger partial charge is 0.338 e. The monoisotopic (exact) mass is 455 g/mol. The van der Waals surface area contributed by atoms with Gasteiger partial charge in [0.25, 0.3) is 0 Å². The Balaban J connectivity index is 1.51. The molecule has 6 rings (SSSR count). The van der Waals surface area contributed by atoms with Crippen LogP contribution in [0.3, 0.4) is 0 Å². The molecule has 0 aliphatic heterocycles. The number of carbonyl (C=O) groups is 1. The molecule has 0 fully saturated rings. The Morgan fingerprint density at radius 3 is 2.37 bits per heavy atom. The van der Waals surface area contributed by atoms with Crippen molar-refractivity contribution in [2.24, 2.45) is 0 Å². The van der Waals surface area contributed by atoms with Crippen molar-refractivity contribution in [3.63, 3.8) is 0 Å². The molecule has 0 amide bonds. The Morgan fingerprint density at radius 2 is 1.60 bits per heavy atom. The van der Waals surface area contributed by atoms with E-state index in [4.69, 9.17) is 4.74 Å². The van der Waals surface area contributed by atoms with Gasteiger partial charge in [0, 0.05) is 22.3 Å². The standard InChI is InChI=1S/C32H25NO2/c1-21(2)32(34)35-27-17-15-26(16-18-27)33(25-9-4-3-5-10-25)29-20-14-24-12-11-22-7-6-8-23-13-19-28(29)31(24)30(22)23/h3-7,9-11,13-20H,1,8,12H2,2H3. The second kappa shape index (κ2) is 8.44. The molecule has 0 bridgehead atoms. The van der Waals surface area contributed by atoms with Crippen LogP contribution in [0.15, 0.2) is 109 Å². The van der Waals surface area contributed by atoms with Gasteiger partial charge in [0.2, 0.25) is 0 Å². The van der Waals surface area contributed by atoms with Gasteiger partial charge in [0.15, 0.2) is 0 Å². The lowest BCUT2D eigenvalue weighted by Crippen LogP contribution is -2.13. The average Bonchev–Trinajstić information content (AvgIpc) is 2.89. The van der Waals surface area contributed by atoms with Crippen LogP contribution in [-0.2, 0) is 17.6 Å². The SMILES string of the molecule is C=C(C)C(=O)Oc1ccc(N(c2ccccc2)c2ccc3c4c5c(ccc24)CC=CC5=CC3)cc1. The zero-order chi connectivity index (χ0) is 23.9. The lowest BCUT2D eigenvalue weighted by Gasteiger charge is -2.30. The van der Waals surface area contributed by atoms with Gasteiger partial charge in [0.05, 0.1) is 5.69 Å².